The molecule has 20 heavy (non-hydrogen) atoms. The van der Waals surface area contributed by atoms with Gasteiger partial charge in [0.05, 0.1) is 6.61 Å². The largest absolute Gasteiger partial charge is 0.491 e. The summed E-state index contributed by atoms with van der Waals surface area (Å²) in [6.07, 6.45) is -0.744. The molecule has 0 heterocycles. The van der Waals surface area contributed by atoms with E-state index in [1.165, 1.54) is 0 Å². The Morgan fingerprint density at radius 2 is 1.75 bits per heavy atom. The maximum atomic E-state index is 10.5. The third kappa shape index (κ3) is 3.73. The third-order valence-corrected chi connectivity index (χ3v) is 3.20. The summed E-state index contributed by atoms with van der Waals surface area (Å²) in [5.74, 6) is 0.659. The molecule has 0 aromatic heterocycles. The molecule has 106 valence electrons. The number of halogens is 1. The van der Waals surface area contributed by atoms with E-state index in [2.05, 4.69) is 0 Å². The Kier molecular flexibility index (Phi) is 5.41. The molecule has 0 saturated carbocycles. The smallest absolute Gasteiger partial charge is 0.125 e. The summed E-state index contributed by atoms with van der Waals surface area (Å²) in [4.78, 5) is 0. The number of para-hydroxylation sites is 1. The fraction of sp³-hybridized carbons (Fsp3) is 0.250. The first-order chi connectivity index (χ1) is 9.72. The standard InChI is InChI=1S/C16H17ClO3/c1-19-10-11-20-15-5-3-2-4-14(15)16(18)12-6-8-13(17)9-7-12/h2-9,16,18H,10-11H2,1H3. The van der Waals surface area contributed by atoms with Crippen molar-refractivity contribution in [2.45, 2.75) is 6.10 Å². The molecule has 0 fully saturated rings. The van der Waals surface area contributed by atoms with Crippen molar-refractivity contribution in [3.63, 3.8) is 0 Å². The maximum absolute atomic E-state index is 10.5. The molecule has 0 aliphatic rings. The molecule has 1 unspecified atom stereocenters. The van der Waals surface area contributed by atoms with Gasteiger partial charge in [-0.05, 0) is 23.8 Å². The minimum Gasteiger partial charge on any atom is -0.491 e. The minimum absolute atomic E-state index is 0.445. The summed E-state index contributed by atoms with van der Waals surface area (Å²) in [5, 5.41) is 11.1. The van der Waals surface area contributed by atoms with Gasteiger partial charge in [0.1, 0.15) is 18.5 Å². The van der Waals surface area contributed by atoms with Crippen molar-refractivity contribution in [2.24, 2.45) is 0 Å². The van der Waals surface area contributed by atoms with Crippen LogP contribution in [-0.4, -0.2) is 25.4 Å². The quantitative estimate of drug-likeness (QED) is 0.829. The SMILES string of the molecule is COCCOc1ccccc1C(O)c1ccc(Cl)cc1. The Hall–Kier alpha value is -1.55. The van der Waals surface area contributed by atoms with Crippen molar-refractivity contribution >= 4 is 11.6 Å². The number of benzene rings is 2. The van der Waals surface area contributed by atoms with E-state index < -0.39 is 6.10 Å². The lowest BCUT2D eigenvalue weighted by Gasteiger charge is -2.16. The molecule has 0 aliphatic carbocycles. The van der Waals surface area contributed by atoms with Gasteiger partial charge in [0.15, 0.2) is 0 Å². The summed E-state index contributed by atoms with van der Waals surface area (Å²) in [6.45, 7) is 0.951. The molecule has 0 amide bonds. The molecular weight excluding hydrogens is 276 g/mol. The average Bonchev–Trinajstić information content (AvgIpc) is 2.48. The Bertz CT molecular complexity index is 540. The van der Waals surface area contributed by atoms with Gasteiger partial charge in [-0.3, -0.25) is 0 Å². The highest BCUT2D eigenvalue weighted by atomic mass is 35.5. The van der Waals surface area contributed by atoms with Gasteiger partial charge in [0.2, 0.25) is 0 Å². The number of rotatable bonds is 6. The van der Waals surface area contributed by atoms with Gasteiger partial charge in [0.25, 0.3) is 0 Å². The molecule has 0 bridgehead atoms. The monoisotopic (exact) mass is 292 g/mol. The maximum Gasteiger partial charge on any atom is 0.125 e. The molecular formula is C16H17ClO3. The molecule has 1 N–H and O–H groups in total. The van der Waals surface area contributed by atoms with Crippen LogP contribution < -0.4 is 4.74 Å². The van der Waals surface area contributed by atoms with E-state index in [1.54, 1.807) is 31.4 Å². The van der Waals surface area contributed by atoms with E-state index in [4.69, 9.17) is 21.1 Å². The molecule has 0 saturated heterocycles. The Morgan fingerprint density at radius 3 is 2.45 bits per heavy atom. The summed E-state index contributed by atoms with van der Waals surface area (Å²) in [6, 6.07) is 14.6. The zero-order valence-corrected chi connectivity index (χ0v) is 12.0. The van der Waals surface area contributed by atoms with Crippen molar-refractivity contribution in [2.75, 3.05) is 20.3 Å². The van der Waals surface area contributed by atoms with Crippen molar-refractivity contribution < 1.29 is 14.6 Å². The Morgan fingerprint density at radius 1 is 1.05 bits per heavy atom. The van der Waals surface area contributed by atoms with Crippen molar-refractivity contribution in [1.29, 1.82) is 0 Å². The van der Waals surface area contributed by atoms with Crippen LogP contribution in [0.2, 0.25) is 5.02 Å². The third-order valence-electron chi connectivity index (χ3n) is 2.94. The summed E-state index contributed by atoms with van der Waals surface area (Å²) in [7, 11) is 1.62. The van der Waals surface area contributed by atoms with Crippen LogP contribution in [0.25, 0.3) is 0 Å². The van der Waals surface area contributed by atoms with Crippen LogP contribution in [0.5, 0.6) is 5.75 Å². The van der Waals surface area contributed by atoms with E-state index in [0.717, 1.165) is 11.1 Å². The Balaban J connectivity index is 2.20. The molecule has 4 heteroatoms. The van der Waals surface area contributed by atoms with Crippen LogP contribution in [-0.2, 0) is 4.74 Å². The van der Waals surface area contributed by atoms with Gasteiger partial charge >= 0.3 is 0 Å². The molecule has 0 spiro atoms. The van der Waals surface area contributed by atoms with Crippen molar-refractivity contribution in [3.05, 3.63) is 64.7 Å². The molecule has 2 aromatic carbocycles. The van der Waals surface area contributed by atoms with Gasteiger partial charge in [-0.1, -0.05) is 41.9 Å². The fourth-order valence-electron chi connectivity index (χ4n) is 1.90. The lowest BCUT2D eigenvalue weighted by atomic mass is 10.0. The second-order valence-electron chi connectivity index (χ2n) is 4.33. The van der Waals surface area contributed by atoms with Gasteiger partial charge in [-0.2, -0.15) is 0 Å². The molecule has 2 rings (SSSR count). The number of aliphatic hydroxyl groups excluding tert-OH is 1. The minimum atomic E-state index is -0.744. The van der Waals surface area contributed by atoms with Crippen molar-refractivity contribution in [1.82, 2.24) is 0 Å². The molecule has 0 radical (unpaired) electrons. The molecule has 3 nitrogen and oxygen atoms in total. The first kappa shape index (κ1) is 14.9. The average molecular weight is 293 g/mol. The highest BCUT2D eigenvalue weighted by Crippen LogP contribution is 2.30. The number of methoxy groups -OCH3 is 1. The van der Waals surface area contributed by atoms with Crippen LogP contribution in [0.3, 0.4) is 0 Å². The van der Waals surface area contributed by atoms with Crippen LogP contribution in [0, 0.1) is 0 Å². The van der Waals surface area contributed by atoms with Crippen LogP contribution in [0.15, 0.2) is 48.5 Å². The Labute approximate surface area is 123 Å². The first-order valence-electron chi connectivity index (χ1n) is 6.36. The molecule has 1 atom stereocenters. The second kappa shape index (κ2) is 7.29. The van der Waals surface area contributed by atoms with Crippen molar-refractivity contribution in [3.8, 4) is 5.75 Å². The first-order valence-corrected chi connectivity index (χ1v) is 6.74. The number of hydrogen-bond acceptors (Lipinski definition) is 3. The van der Waals surface area contributed by atoms with Crippen LogP contribution in [0.4, 0.5) is 0 Å². The van der Waals surface area contributed by atoms with Gasteiger partial charge in [0, 0.05) is 17.7 Å². The fourth-order valence-corrected chi connectivity index (χ4v) is 2.02. The van der Waals surface area contributed by atoms with E-state index >= 15 is 0 Å². The highest BCUT2D eigenvalue weighted by Gasteiger charge is 2.15. The normalized spacial score (nSPS) is 12.2. The van der Waals surface area contributed by atoms with Gasteiger partial charge < -0.3 is 14.6 Å². The number of ether oxygens (including phenoxy) is 2. The predicted molar refractivity (Wildman–Crippen MR) is 79.3 cm³/mol. The van der Waals surface area contributed by atoms with E-state index in [1.807, 2.05) is 24.3 Å². The lowest BCUT2D eigenvalue weighted by Crippen LogP contribution is -2.08. The second-order valence-corrected chi connectivity index (χ2v) is 4.77. The number of hydrogen-bond donors (Lipinski definition) is 1. The predicted octanol–water partition coefficient (Wildman–Crippen LogP) is 3.45. The number of aliphatic hydroxyl groups is 1. The summed E-state index contributed by atoms with van der Waals surface area (Å²) < 4.78 is 10.6. The van der Waals surface area contributed by atoms with Crippen LogP contribution >= 0.6 is 11.6 Å². The highest BCUT2D eigenvalue weighted by molar-refractivity contribution is 6.30. The lowest BCUT2D eigenvalue weighted by molar-refractivity contribution is 0.142. The van der Waals surface area contributed by atoms with Gasteiger partial charge in [-0.25, -0.2) is 0 Å². The zero-order valence-electron chi connectivity index (χ0n) is 11.3. The zero-order chi connectivity index (χ0) is 14.4. The van der Waals surface area contributed by atoms with E-state index in [0.29, 0.717) is 24.0 Å². The summed E-state index contributed by atoms with van der Waals surface area (Å²) in [5.41, 5.74) is 1.50. The molecule has 2 aromatic rings. The molecule has 0 aliphatic heterocycles. The topological polar surface area (TPSA) is 38.7 Å². The van der Waals surface area contributed by atoms with Crippen LogP contribution in [0.1, 0.15) is 17.2 Å². The van der Waals surface area contributed by atoms with Gasteiger partial charge in [-0.15, -0.1) is 0 Å². The van der Waals surface area contributed by atoms with E-state index in [9.17, 15) is 5.11 Å². The van der Waals surface area contributed by atoms with E-state index in [-0.39, 0.29) is 0 Å². The summed E-state index contributed by atoms with van der Waals surface area (Å²) >= 11 is 5.86.